The van der Waals surface area contributed by atoms with E-state index in [0.29, 0.717) is 29.4 Å². The summed E-state index contributed by atoms with van der Waals surface area (Å²) in [5, 5.41) is 20.2. The van der Waals surface area contributed by atoms with Crippen LogP contribution in [0.15, 0.2) is 12.1 Å². The van der Waals surface area contributed by atoms with Crippen LogP contribution in [-0.2, 0) is 0 Å². The Balaban J connectivity index is 2.01. The van der Waals surface area contributed by atoms with Gasteiger partial charge in [0.25, 0.3) is 0 Å². The molecule has 1 aromatic rings. The molecule has 0 aromatic heterocycles. The Morgan fingerprint density at radius 2 is 1.91 bits per heavy atom. The molecule has 2 heterocycles. The van der Waals surface area contributed by atoms with Crippen LogP contribution < -0.4 is 14.2 Å². The fraction of sp³-hybridized carbons (Fsp3) is 0.625. The zero-order valence-electron chi connectivity index (χ0n) is 13.2. The van der Waals surface area contributed by atoms with Gasteiger partial charge in [0.1, 0.15) is 17.5 Å². The third kappa shape index (κ3) is 2.41. The molecule has 0 spiro atoms. The molecule has 0 saturated heterocycles. The van der Waals surface area contributed by atoms with E-state index >= 15 is 0 Å². The van der Waals surface area contributed by atoms with Crippen LogP contribution in [0.5, 0.6) is 17.2 Å². The van der Waals surface area contributed by atoms with Gasteiger partial charge in [-0.2, -0.15) is 0 Å². The molecule has 6 nitrogen and oxygen atoms in total. The number of aliphatic hydroxyl groups is 2. The molecule has 0 bridgehead atoms. The minimum Gasteiger partial charge on any atom is -0.486 e. The quantitative estimate of drug-likeness (QED) is 0.873. The van der Waals surface area contributed by atoms with Gasteiger partial charge < -0.3 is 24.4 Å². The van der Waals surface area contributed by atoms with Crippen molar-refractivity contribution < 1.29 is 24.4 Å². The summed E-state index contributed by atoms with van der Waals surface area (Å²) in [6.45, 7) is 7.35. The second-order valence-corrected chi connectivity index (χ2v) is 6.19. The van der Waals surface area contributed by atoms with Crippen LogP contribution in [0.3, 0.4) is 0 Å². The van der Waals surface area contributed by atoms with Gasteiger partial charge in [-0.05, 0) is 26.5 Å². The van der Waals surface area contributed by atoms with Gasteiger partial charge in [0.05, 0.1) is 12.6 Å². The number of rotatable bonds is 4. The summed E-state index contributed by atoms with van der Waals surface area (Å²) < 4.78 is 16.9. The molecular formula is C16H23NO5. The first-order valence-corrected chi connectivity index (χ1v) is 7.63. The van der Waals surface area contributed by atoms with Gasteiger partial charge in [-0.25, -0.2) is 0 Å². The number of hydrogen-bond donors (Lipinski definition) is 2. The summed E-state index contributed by atoms with van der Waals surface area (Å²) in [4.78, 5) is 2.04. The predicted octanol–water partition coefficient (Wildman–Crippen LogP) is 1.30. The highest BCUT2D eigenvalue weighted by Crippen LogP contribution is 2.47. The number of fused-ring (bicyclic) bond motifs is 2. The fourth-order valence-corrected chi connectivity index (χ4v) is 3.41. The molecule has 2 unspecified atom stereocenters. The van der Waals surface area contributed by atoms with Gasteiger partial charge in [0, 0.05) is 18.2 Å². The predicted molar refractivity (Wildman–Crippen MR) is 80.4 cm³/mol. The lowest BCUT2D eigenvalue weighted by Crippen LogP contribution is -2.58. The third-order valence-electron chi connectivity index (χ3n) is 4.39. The number of hydrogen-bond acceptors (Lipinski definition) is 6. The second kappa shape index (κ2) is 5.61. The summed E-state index contributed by atoms with van der Waals surface area (Å²) in [6.07, 6.45) is -0.722. The molecule has 0 amide bonds. The molecule has 6 heteroatoms. The van der Waals surface area contributed by atoms with Crippen LogP contribution >= 0.6 is 0 Å². The molecule has 0 fully saturated rings. The van der Waals surface area contributed by atoms with E-state index < -0.39 is 11.7 Å². The second-order valence-electron chi connectivity index (χ2n) is 6.19. The normalized spacial score (nSPS) is 25.0. The molecule has 2 aliphatic heterocycles. The van der Waals surface area contributed by atoms with Crippen molar-refractivity contribution in [3.05, 3.63) is 17.7 Å². The van der Waals surface area contributed by atoms with Gasteiger partial charge in [-0.3, -0.25) is 4.90 Å². The van der Waals surface area contributed by atoms with Crippen LogP contribution in [0.1, 0.15) is 32.4 Å². The molecule has 1 aromatic carbocycles. The van der Waals surface area contributed by atoms with Crippen molar-refractivity contribution in [2.24, 2.45) is 0 Å². The van der Waals surface area contributed by atoms with Crippen molar-refractivity contribution in [1.82, 2.24) is 4.90 Å². The van der Waals surface area contributed by atoms with Crippen molar-refractivity contribution in [3.8, 4) is 17.2 Å². The van der Waals surface area contributed by atoms with Crippen LogP contribution in [0.25, 0.3) is 0 Å². The molecular weight excluding hydrogens is 286 g/mol. The van der Waals surface area contributed by atoms with Gasteiger partial charge in [0.2, 0.25) is 6.79 Å². The largest absolute Gasteiger partial charge is 0.486 e. The van der Waals surface area contributed by atoms with Crippen LogP contribution in [-0.4, -0.2) is 53.2 Å². The average Bonchev–Trinajstić information content (AvgIpc) is 2.91. The topological polar surface area (TPSA) is 71.4 Å². The number of nitrogens with zero attached hydrogens (tertiary/aromatic N) is 1. The first-order valence-electron chi connectivity index (χ1n) is 7.63. The Hall–Kier alpha value is -1.50. The maximum absolute atomic E-state index is 10.9. The summed E-state index contributed by atoms with van der Waals surface area (Å²) in [7, 11) is 0. The van der Waals surface area contributed by atoms with E-state index in [0.717, 1.165) is 6.54 Å². The lowest BCUT2D eigenvalue weighted by atomic mass is 9.84. The molecule has 2 N–H and O–H groups in total. The van der Waals surface area contributed by atoms with Gasteiger partial charge in [0.15, 0.2) is 11.5 Å². The van der Waals surface area contributed by atoms with Gasteiger partial charge in [-0.15, -0.1) is 0 Å². The highest BCUT2D eigenvalue weighted by atomic mass is 16.7. The molecule has 0 radical (unpaired) electrons. The average molecular weight is 309 g/mol. The first kappa shape index (κ1) is 15.4. The standard InChI is InChI=1S/C16H23NO5/c1-4-17(5-6-18)15-14(19)10-7-12-13(21-9-20-12)8-11(10)22-16(15,2)3/h7-8,14-15,18-19H,4-6,9H2,1-3H3. The van der Waals surface area contributed by atoms with Gasteiger partial charge in [-0.1, -0.05) is 6.92 Å². The lowest BCUT2D eigenvalue weighted by Gasteiger charge is -2.47. The first-order chi connectivity index (χ1) is 10.5. The summed E-state index contributed by atoms with van der Waals surface area (Å²) >= 11 is 0. The van der Waals surface area contributed by atoms with Crippen molar-refractivity contribution in [2.45, 2.75) is 38.5 Å². The maximum atomic E-state index is 10.9. The Morgan fingerprint density at radius 3 is 2.55 bits per heavy atom. The third-order valence-corrected chi connectivity index (χ3v) is 4.39. The molecule has 2 atom stereocenters. The van der Waals surface area contributed by atoms with Crippen molar-refractivity contribution in [1.29, 1.82) is 0 Å². The SMILES string of the molecule is CCN(CCO)C1C(O)c2cc3c(cc2OC1(C)C)OCO3. The summed E-state index contributed by atoms with van der Waals surface area (Å²) in [5.41, 5.74) is 0.107. The monoisotopic (exact) mass is 309 g/mol. The van der Waals surface area contributed by atoms with E-state index in [9.17, 15) is 10.2 Å². The molecule has 22 heavy (non-hydrogen) atoms. The van der Waals surface area contributed by atoms with Crippen molar-refractivity contribution in [3.63, 3.8) is 0 Å². The Morgan fingerprint density at radius 1 is 1.23 bits per heavy atom. The van der Waals surface area contributed by atoms with E-state index in [1.165, 1.54) is 0 Å². The fourth-order valence-electron chi connectivity index (χ4n) is 3.41. The van der Waals surface area contributed by atoms with E-state index in [2.05, 4.69) is 0 Å². The minimum atomic E-state index is -0.722. The van der Waals surface area contributed by atoms with E-state index in [1.54, 1.807) is 12.1 Å². The Labute approximate surface area is 130 Å². The number of likely N-dealkylation sites (N-methyl/N-ethyl adjacent to an activating group) is 1. The lowest BCUT2D eigenvalue weighted by molar-refractivity contribution is -0.0841. The summed E-state index contributed by atoms with van der Waals surface area (Å²) in [5.74, 6) is 1.89. The number of ether oxygens (including phenoxy) is 3. The maximum Gasteiger partial charge on any atom is 0.231 e. The highest BCUT2D eigenvalue weighted by Gasteiger charge is 2.46. The molecule has 122 valence electrons. The molecule has 2 aliphatic rings. The van der Waals surface area contributed by atoms with Crippen LogP contribution in [0.4, 0.5) is 0 Å². The van der Waals surface area contributed by atoms with Crippen molar-refractivity contribution >= 4 is 0 Å². The highest BCUT2D eigenvalue weighted by molar-refractivity contribution is 5.54. The zero-order chi connectivity index (χ0) is 15.9. The summed E-state index contributed by atoms with van der Waals surface area (Å²) in [6, 6.07) is 3.32. The smallest absolute Gasteiger partial charge is 0.231 e. The minimum absolute atomic E-state index is 0.0428. The zero-order valence-corrected chi connectivity index (χ0v) is 13.2. The number of benzene rings is 1. The van der Waals surface area contributed by atoms with Crippen LogP contribution in [0, 0.1) is 0 Å². The Kier molecular flexibility index (Phi) is 3.92. The molecule has 0 saturated carbocycles. The molecule has 0 aliphatic carbocycles. The van der Waals surface area contributed by atoms with Crippen molar-refractivity contribution in [2.75, 3.05) is 26.5 Å². The van der Waals surface area contributed by atoms with Gasteiger partial charge >= 0.3 is 0 Å². The van der Waals surface area contributed by atoms with E-state index in [-0.39, 0.29) is 19.4 Å². The Bertz CT molecular complexity index is 560. The van der Waals surface area contributed by atoms with Crippen LogP contribution in [0.2, 0.25) is 0 Å². The van der Waals surface area contributed by atoms with E-state index in [1.807, 2.05) is 25.7 Å². The van der Waals surface area contributed by atoms with E-state index in [4.69, 9.17) is 14.2 Å². The molecule has 3 rings (SSSR count). The number of aliphatic hydroxyl groups excluding tert-OH is 2.